The zero-order chi connectivity index (χ0) is 27.5. The Hall–Kier alpha value is -4.17. The van der Waals surface area contributed by atoms with Crippen LogP contribution in [0.2, 0.25) is 0 Å². The Morgan fingerprint density at radius 2 is 1.82 bits per heavy atom. The van der Waals surface area contributed by atoms with Crippen molar-refractivity contribution >= 4 is 28.9 Å². The van der Waals surface area contributed by atoms with E-state index in [2.05, 4.69) is 16.8 Å². The van der Waals surface area contributed by atoms with Gasteiger partial charge in [0.25, 0.3) is 5.91 Å². The molecule has 4 aromatic rings. The normalized spacial score (nSPS) is 18.3. The summed E-state index contributed by atoms with van der Waals surface area (Å²) >= 11 is 1.45. The number of piperidine rings is 1. The lowest BCUT2D eigenvalue weighted by Crippen LogP contribution is -2.37. The van der Waals surface area contributed by atoms with Crippen LogP contribution < -0.4 is 4.74 Å². The summed E-state index contributed by atoms with van der Waals surface area (Å²) in [5.41, 5.74) is 4.31. The average molecular weight is 553 g/mol. The number of likely N-dealkylation sites (tertiary alicyclic amines) is 1. The van der Waals surface area contributed by atoms with E-state index < -0.39 is 0 Å². The second-order valence-corrected chi connectivity index (χ2v) is 11.2. The molecule has 0 spiro atoms. The van der Waals surface area contributed by atoms with Crippen LogP contribution in [-0.2, 0) is 11.4 Å². The molecule has 3 heterocycles. The number of aromatic nitrogens is 2. The summed E-state index contributed by atoms with van der Waals surface area (Å²) in [6.45, 7) is 4.45. The topological polar surface area (TPSA) is 59.7 Å². The minimum Gasteiger partial charge on any atom is -0.489 e. The molecule has 0 radical (unpaired) electrons. The van der Waals surface area contributed by atoms with E-state index in [0.717, 1.165) is 52.7 Å². The third-order valence-electron chi connectivity index (χ3n) is 7.03. The van der Waals surface area contributed by atoms with Crippen LogP contribution in [0.25, 0.3) is 23.0 Å². The SMILES string of the molecule is CC1CCCN(C2=NC(=O)C(=Cc3cn(-c4ccccc4)nc3-c3ccc(OCc4ccc(F)cc4)cc3)S2)C1. The van der Waals surface area contributed by atoms with Crippen LogP contribution in [0.4, 0.5) is 4.39 Å². The van der Waals surface area contributed by atoms with Gasteiger partial charge in [0.05, 0.1) is 16.3 Å². The molecule has 2 aliphatic heterocycles. The lowest BCUT2D eigenvalue weighted by molar-refractivity contribution is -0.113. The summed E-state index contributed by atoms with van der Waals surface area (Å²) in [5, 5.41) is 5.69. The lowest BCUT2D eigenvalue weighted by Gasteiger charge is -2.31. The Morgan fingerprint density at radius 3 is 2.58 bits per heavy atom. The Labute approximate surface area is 237 Å². The number of aliphatic imine (C=N–C) groups is 1. The molecule has 3 aromatic carbocycles. The number of halogens is 1. The van der Waals surface area contributed by atoms with Crippen LogP contribution in [-0.4, -0.2) is 38.8 Å². The Balaban J connectivity index is 1.26. The molecule has 6 nitrogen and oxygen atoms in total. The molecule has 0 N–H and O–H groups in total. The van der Waals surface area contributed by atoms with Gasteiger partial charge in [-0.2, -0.15) is 10.1 Å². The molecule has 1 unspecified atom stereocenters. The van der Waals surface area contributed by atoms with Gasteiger partial charge in [0, 0.05) is 30.4 Å². The summed E-state index contributed by atoms with van der Waals surface area (Å²) in [7, 11) is 0. The van der Waals surface area contributed by atoms with Crippen molar-refractivity contribution in [2.45, 2.75) is 26.4 Å². The second-order valence-electron chi connectivity index (χ2n) is 10.2. The van der Waals surface area contributed by atoms with Gasteiger partial charge < -0.3 is 9.64 Å². The molecule has 1 atom stereocenters. The first-order chi connectivity index (χ1) is 19.5. The molecule has 0 saturated carbocycles. The summed E-state index contributed by atoms with van der Waals surface area (Å²) in [5.74, 6) is 0.820. The van der Waals surface area contributed by atoms with Gasteiger partial charge in [-0.1, -0.05) is 37.3 Å². The van der Waals surface area contributed by atoms with Gasteiger partial charge in [-0.3, -0.25) is 4.79 Å². The number of hydrogen-bond donors (Lipinski definition) is 0. The lowest BCUT2D eigenvalue weighted by atomic mass is 10.0. The third kappa shape index (κ3) is 5.87. The van der Waals surface area contributed by atoms with E-state index in [1.54, 1.807) is 12.1 Å². The number of amidine groups is 1. The number of para-hydroxylation sites is 1. The fraction of sp³-hybridized carbons (Fsp3) is 0.219. The molecule has 2 aliphatic rings. The van der Waals surface area contributed by atoms with E-state index in [1.807, 2.05) is 71.6 Å². The van der Waals surface area contributed by atoms with Gasteiger partial charge in [0.15, 0.2) is 5.17 Å². The van der Waals surface area contributed by atoms with Crippen LogP contribution in [0, 0.1) is 11.7 Å². The van der Waals surface area contributed by atoms with Gasteiger partial charge in [-0.15, -0.1) is 0 Å². The maximum Gasteiger partial charge on any atom is 0.286 e. The first-order valence-corrected chi connectivity index (χ1v) is 14.2. The van der Waals surface area contributed by atoms with Gasteiger partial charge in [0.2, 0.25) is 0 Å². The first-order valence-electron chi connectivity index (χ1n) is 13.4. The van der Waals surface area contributed by atoms with E-state index in [1.165, 1.54) is 30.3 Å². The molecule has 8 heteroatoms. The van der Waals surface area contributed by atoms with Crippen molar-refractivity contribution in [1.82, 2.24) is 14.7 Å². The zero-order valence-electron chi connectivity index (χ0n) is 22.2. The number of hydrogen-bond acceptors (Lipinski definition) is 5. The van der Waals surface area contributed by atoms with Gasteiger partial charge in [-0.05, 0) is 90.7 Å². The molecule has 202 valence electrons. The van der Waals surface area contributed by atoms with Crippen molar-refractivity contribution in [1.29, 1.82) is 0 Å². The summed E-state index contributed by atoms with van der Waals surface area (Å²) in [4.78, 5) is 20.1. The molecule has 1 amide bonds. The highest BCUT2D eigenvalue weighted by atomic mass is 32.2. The van der Waals surface area contributed by atoms with E-state index in [0.29, 0.717) is 23.2 Å². The van der Waals surface area contributed by atoms with Crippen LogP contribution in [0.5, 0.6) is 5.75 Å². The predicted molar refractivity (Wildman–Crippen MR) is 158 cm³/mol. The van der Waals surface area contributed by atoms with Crippen molar-refractivity contribution in [3.05, 3.63) is 107 Å². The highest BCUT2D eigenvalue weighted by Crippen LogP contribution is 2.35. The second kappa shape index (κ2) is 11.5. The fourth-order valence-corrected chi connectivity index (χ4v) is 5.86. The number of carbonyl (C=O) groups is 1. The first kappa shape index (κ1) is 26.1. The van der Waals surface area contributed by atoms with Crippen LogP contribution in [0.1, 0.15) is 30.9 Å². The maximum atomic E-state index is 13.2. The molecule has 1 fully saturated rings. The zero-order valence-corrected chi connectivity index (χ0v) is 23.0. The van der Waals surface area contributed by atoms with Crippen LogP contribution >= 0.6 is 11.8 Å². The Morgan fingerprint density at radius 1 is 1.05 bits per heavy atom. The summed E-state index contributed by atoms with van der Waals surface area (Å²) in [6.07, 6.45) is 6.18. The highest BCUT2D eigenvalue weighted by molar-refractivity contribution is 8.18. The minimum atomic E-state index is -0.268. The monoisotopic (exact) mass is 552 g/mol. The number of ether oxygens (including phenoxy) is 1. The minimum absolute atomic E-state index is 0.207. The molecule has 0 bridgehead atoms. The van der Waals surface area contributed by atoms with Gasteiger partial charge >= 0.3 is 0 Å². The highest BCUT2D eigenvalue weighted by Gasteiger charge is 2.29. The number of nitrogens with zero attached hydrogens (tertiary/aromatic N) is 4. The maximum absolute atomic E-state index is 13.2. The van der Waals surface area contributed by atoms with Crippen molar-refractivity contribution in [3.8, 4) is 22.7 Å². The van der Waals surface area contributed by atoms with Gasteiger partial charge in [0.1, 0.15) is 18.2 Å². The summed E-state index contributed by atoms with van der Waals surface area (Å²) < 4.78 is 20.9. The van der Waals surface area contributed by atoms with Crippen molar-refractivity contribution < 1.29 is 13.9 Å². The van der Waals surface area contributed by atoms with E-state index >= 15 is 0 Å². The summed E-state index contributed by atoms with van der Waals surface area (Å²) in [6, 6.07) is 23.9. The molecular weight excluding hydrogens is 523 g/mol. The van der Waals surface area contributed by atoms with Crippen molar-refractivity contribution in [2.75, 3.05) is 13.1 Å². The third-order valence-corrected chi connectivity index (χ3v) is 8.08. The van der Waals surface area contributed by atoms with Crippen LogP contribution in [0.3, 0.4) is 0 Å². The number of rotatable bonds is 6. The molecule has 1 aromatic heterocycles. The largest absolute Gasteiger partial charge is 0.489 e. The number of carbonyl (C=O) groups excluding carboxylic acids is 1. The number of benzene rings is 3. The predicted octanol–water partition coefficient (Wildman–Crippen LogP) is 6.96. The number of thioether (sulfide) groups is 1. The Kier molecular flexibility index (Phi) is 7.51. The van der Waals surface area contributed by atoms with Crippen molar-refractivity contribution in [3.63, 3.8) is 0 Å². The Bertz CT molecular complexity index is 1560. The molecular formula is C32H29FN4O2S. The van der Waals surface area contributed by atoms with Crippen LogP contribution in [0.15, 0.2) is 95.0 Å². The average Bonchev–Trinajstić information content (AvgIpc) is 3.57. The smallest absolute Gasteiger partial charge is 0.286 e. The fourth-order valence-electron chi connectivity index (χ4n) is 4.92. The molecule has 1 saturated heterocycles. The van der Waals surface area contributed by atoms with E-state index in [-0.39, 0.29) is 11.7 Å². The van der Waals surface area contributed by atoms with Crippen molar-refractivity contribution in [2.24, 2.45) is 10.9 Å². The van der Waals surface area contributed by atoms with E-state index in [4.69, 9.17) is 9.84 Å². The standard InChI is InChI=1S/C32H29FN4O2S/c1-22-6-5-17-36(19-22)32-34-31(38)29(40-32)18-25-20-37(27-7-3-2-4-8-27)35-30(25)24-11-15-28(16-12-24)39-21-23-9-13-26(33)14-10-23/h2-4,7-16,18,20,22H,5-6,17,19,21H2,1H3. The molecule has 6 rings (SSSR count). The van der Waals surface area contributed by atoms with E-state index in [9.17, 15) is 9.18 Å². The quantitative estimate of drug-likeness (QED) is 0.242. The molecule has 40 heavy (non-hydrogen) atoms. The van der Waals surface area contributed by atoms with Gasteiger partial charge in [-0.25, -0.2) is 9.07 Å². The molecule has 0 aliphatic carbocycles. The number of amides is 1.